The first-order valence-corrected chi connectivity index (χ1v) is 7.67. The summed E-state index contributed by atoms with van der Waals surface area (Å²) in [6.45, 7) is 0. The second kappa shape index (κ2) is 5.15. The molecule has 0 saturated heterocycles. The summed E-state index contributed by atoms with van der Waals surface area (Å²) in [6, 6.07) is 20.1. The zero-order chi connectivity index (χ0) is 15.1. The Morgan fingerprint density at radius 1 is 0.955 bits per heavy atom. The van der Waals surface area contributed by atoms with E-state index in [4.69, 9.17) is 11.6 Å². The number of hydrogen-bond acceptors (Lipinski definition) is 1. The monoisotopic (exact) mass is 307 g/mol. The third-order valence-electron chi connectivity index (χ3n) is 4.26. The molecule has 0 aromatic heterocycles. The van der Waals surface area contributed by atoms with Gasteiger partial charge in [0.25, 0.3) is 0 Å². The van der Waals surface area contributed by atoms with Crippen molar-refractivity contribution in [2.24, 2.45) is 0 Å². The summed E-state index contributed by atoms with van der Waals surface area (Å²) in [5.74, 6) is 0.134. The molecule has 1 atom stereocenters. The largest absolute Gasteiger partial charge is 0.325 e. The van der Waals surface area contributed by atoms with Crippen LogP contribution in [0, 0.1) is 0 Å². The fraction of sp³-hybridized carbons (Fsp3) is 0.105. The smallest absolute Gasteiger partial charge is 0.225 e. The molecule has 1 aliphatic rings. The minimum atomic E-state index is 0.0591. The summed E-state index contributed by atoms with van der Waals surface area (Å²) in [6.07, 6.45) is 0.465. The fourth-order valence-corrected chi connectivity index (χ4v) is 3.32. The number of fused-ring (bicyclic) bond motifs is 3. The van der Waals surface area contributed by atoms with Crippen LogP contribution in [0.3, 0.4) is 0 Å². The molecule has 3 heteroatoms. The summed E-state index contributed by atoms with van der Waals surface area (Å²) in [5, 5.41) is 5.99. The van der Waals surface area contributed by atoms with E-state index in [1.165, 1.54) is 5.56 Å². The Labute approximate surface area is 133 Å². The lowest BCUT2D eigenvalue weighted by Crippen LogP contribution is -2.23. The number of halogens is 1. The Morgan fingerprint density at radius 2 is 1.73 bits per heavy atom. The van der Waals surface area contributed by atoms with E-state index in [2.05, 4.69) is 29.6 Å². The first-order valence-electron chi connectivity index (χ1n) is 7.29. The molecule has 0 bridgehead atoms. The highest BCUT2D eigenvalue weighted by Crippen LogP contribution is 2.40. The molecular formula is C19H14ClNO. The molecule has 0 saturated carbocycles. The topological polar surface area (TPSA) is 29.1 Å². The van der Waals surface area contributed by atoms with Crippen molar-refractivity contribution in [2.75, 3.05) is 5.32 Å². The summed E-state index contributed by atoms with van der Waals surface area (Å²) in [4.78, 5) is 12.2. The molecule has 0 aliphatic carbocycles. The van der Waals surface area contributed by atoms with Gasteiger partial charge in [0.1, 0.15) is 0 Å². The van der Waals surface area contributed by atoms with Crippen molar-refractivity contribution in [1.82, 2.24) is 0 Å². The molecule has 3 aromatic carbocycles. The van der Waals surface area contributed by atoms with E-state index >= 15 is 0 Å². The second-order valence-corrected chi connectivity index (χ2v) is 6.04. The number of carbonyl (C=O) groups excluding carboxylic acids is 1. The Hall–Kier alpha value is -2.32. The van der Waals surface area contributed by atoms with E-state index < -0.39 is 0 Å². The highest BCUT2D eigenvalue weighted by molar-refractivity contribution is 6.30. The average molecular weight is 308 g/mol. The number of carbonyl (C=O) groups is 1. The van der Waals surface area contributed by atoms with Crippen LogP contribution in [0.1, 0.15) is 23.5 Å². The third kappa shape index (κ3) is 2.16. The van der Waals surface area contributed by atoms with Gasteiger partial charge < -0.3 is 5.32 Å². The van der Waals surface area contributed by atoms with Crippen molar-refractivity contribution in [3.8, 4) is 0 Å². The fourth-order valence-electron chi connectivity index (χ4n) is 3.20. The molecule has 2 nitrogen and oxygen atoms in total. The maximum Gasteiger partial charge on any atom is 0.225 e. The van der Waals surface area contributed by atoms with Gasteiger partial charge in [-0.2, -0.15) is 0 Å². The maximum atomic E-state index is 12.2. The van der Waals surface area contributed by atoms with Crippen LogP contribution in [-0.4, -0.2) is 5.91 Å². The zero-order valence-electron chi connectivity index (χ0n) is 11.8. The predicted molar refractivity (Wildman–Crippen MR) is 90.5 cm³/mol. The van der Waals surface area contributed by atoms with Gasteiger partial charge in [0, 0.05) is 22.7 Å². The van der Waals surface area contributed by atoms with Crippen molar-refractivity contribution < 1.29 is 4.79 Å². The number of anilines is 1. The summed E-state index contributed by atoms with van der Waals surface area (Å²) in [7, 11) is 0. The quantitative estimate of drug-likeness (QED) is 0.676. The maximum absolute atomic E-state index is 12.2. The van der Waals surface area contributed by atoms with Crippen molar-refractivity contribution >= 4 is 34.0 Å². The SMILES string of the molecule is O=C1CC(c2ccc(Cl)cc2)c2ccc3ccccc3c2N1. The first kappa shape index (κ1) is 13.4. The summed E-state index contributed by atoms with van der Waals surface area (Å²) < 4.78 is 0. The number of amides is 1. The number of hydrogen-bond donors (Lipinski definition) is 1. The predicted octanol–water partition coefficient (Wildman–Crippen LogP) is 4.97. The summed E-state index contributed by atoms with van der Waals surface area (Å²) in [5.41, 5.74) is 3.23. The van der Waals surface area contributed by atoms with Gasteiger partial charge in [-0.25, -0.2) is 0 Å². The average Bonchev–Trinajstić information content (AvgIpc) is 2.55. The normalized spacial score (nSPS) is 17.1. The second-order valence-electron chi connectivity index (χ2n) is 5.61. The molecule has 1 N–H and O–H groups in total. The molecule has 1 unspecified atom stereocenters. The number of nitrogens with one attached hydrogen (secondary N) is 1. The van der Waals surface area contributed by atoms with Gasteiger partial charge in [-0.1, -0.05) is 60.1 Å². The molecule has 0 radical (unpaired) electrons. The first-order chi connectivity index (χ1) is 10.7. The van der Waals surface area contributed by atoms with E-state index in [-0.39, 0.29) is 11.8 Å². The Morgan fingerprint density at radius 3 is 2.55 bits per heavy atom. The molecule has 3 aromatic rings. The Balaban J connectivity index is 1.92. The van der Waals surface area contributed by atoms with Crippen LogP contribution in [0.5, 0.6) is 0 Å². The van der Waals surface area contributed by atoms with Gasteiger partial charge in [0.2, 0.25) is 5.91 Å². The van der Waals surface area contributed by atoms with Crippen LogP contribution in [0.25, 0.3) is 10.8 Å². The van der Waals surface area contributed by atoms with Crippen molar-refractivity contribution in [1.29, 1.82) is 0 Å². The van der Waals surface area contributed by atoms with Crippen LogP contribution in [0.4, 0.5) is 5.69 Å². The molecule has 1 heterocycles. The minimum absolute atomic E-state index is 0.0591. The lowest BCUT2D eigenvalue weighted by molar-refractivity contribution is -0.116. The lowest BCUT2D eigenvalue weighted by atomic mass is 9.83. The third-order valence-corrected chi connectivity index (χ3v) is 4.51. The van der Waals surface area contributed by atoms with E-state index in [1.807, 2.05) is 36.4 Å². The van der Waals surface area contributed by atoms with Crippen molar-refractivity contribution in [2.45, 2.75) is 12.3 Å². The molecule has 0 fully saturated rings. The standard InChI is InChI=1S/C19H14ClNO/c20-14-8-5-13(6-9-14)17-11-18(22)21-19-15-4-2-1-3-12(15)7-10-16(17)19/h1-10,17H,11H2,(H,21,22). The van der Waals surface area contributed by atoms with Crippen molar-refractivity contribution in [3.05, 3.63) is 76.8 Å². The van der Waals surface area contributed by atoms with Gasteiger partial charge in [0.05, 0.1) is 5.69 Å². The highest BCUT2D eigenvalue weighted by atomic mass is 35.5. The Kier molecular flexibility index (Phi) is 3.12. The molecule has 0 spiro atoms. The van der Waals surface area contributed by atoms with Gasteiger partial charge in [-0.05, 0) is 28.6 Å². The van der Waals surface area contributed by atoms with Gasteiger partial charge in [-0.15, -0.1) is 0 Å². The van der Waals surface area contributed by atoms with E-state index in [0.29, 0.717) is 11.4 Å². The van der Waals surface area contributed by atoms with Crippen molar-refractivity contribution in [3.63, 3.8) is 0 Å². The molecule has 4 rings (SSSR count). The zero-order valence-corrected chi connectivity index (χ0v) is 12.6. The van der Waals surface area contributed by atoms with Gasteiger partial charge in [0.15, 0.2) is 0 Å². The molecule has 1 amide bonds. The highest BCUT2D eigenvalue weighted by Gasteiger charge is 2.27. The van der Waals surface area contributed by atoms with Gasteiger partial charge >= 0.3 is 0 Å². The minimum Gasteiger partial charge on any atom is -0.325 e. The van der Waals surface area contributed by atoms with Crippen LogP contribution in [-0.2, 0) is 4.79 Å². The Bertz CT molecular complexity index is 870. The molecular weight excluding hydrogens is 294 g/mol. The van der Waals surface area contributed by atoms with E-state index in [1.54, 1.807) is 0 Å². The lowest BCUT2D eigenvalue weighted by Gasteiger charge is -2.27. The summed E-state index contributed by atoms with van der Waals surface area (Å²) >= 11 is 5.98. The molecule has 1 aliphatic heterocycles. The number of rotatable bonds is 1. The van der Waals surface area contributed by atoms with Crippen LogP contribution in [0.2, 0.25) is 5.02 Å². The van der Waals surface area contributed by atoms with Crippen LogP contribution in [0.15, 0.2) is 60.7 Å². The molecule has 108 valence electrons. The van der Waals surface area contributed by atoms with Crippen LogP contribution < -0.4 is 5.32 Å². The molecule has 22 heavy (non-hydrogen) atoms. The van der Waals surface area contributed by atoms with Crippen LogP contribution >= 0.6 is 11.6 Å². The number of benzene rings is 3. The van der Waals surface area contributed by atoms with E-state index in [9.17, 15) is 4.79 Å². The van der Waals surface area contributed by atoms with E-state index in [0.717, 1.165) is 22.0 Å². The van der Waals surface area contributed by atoms with Gasteiger partial charge in [-0.3, -0.25) is 4.79 Å².